The van der Waals surface area contributed by atoms with Crippen LogP contribution in [0.1, 0.15) is 17.3 Å². The van der Waals surface area contributed by atoms with E-state index in [1.165, 1.54) is 26.4 Å². The van der Waals surface area contributed by atoms with Crippen LogP contribution in [0.25, 0.3) is 0 Å². The maximum Gasteiger partial charge on any atom is 0.345 e. The number of hydrogen-bond donors (Lipinski definition) is 0. The summed E-state index contributed by atoms with van der Waals surface area (Å²) >= 11 is 0. The summed E-state index contributed by atoms with van der Waals surface area (Å²) in [6, 6.07) is 2.84. The molecule has 0 aliphatic heterocycles. The fourth-order valence-corrected chi connectivity index (χ4v) is 1.26. The Morgan fingerprint density at radius 2 is 1.81 bits per heavy atom. The Morgan fingerprint density at radius 3 is 2.31 bits per heavy atom. The second-order valence-corrected chi connectivity index (χ2v) is 2.88. The number of carbonyl (C=O) groups excluding carboxylic acids is 1. The van der Waals surface area contributed by atoms with Crippen LogP contribution in [0.5, 0.6) is 11.5 Å². The summed E-state index contributed by atoms with van der Waals surface area (Å²) in [5.41, 5.74) is -0.247. The highest BCUT2D eigenvalue weighted by molar-refractivity contribution is 5.93. The number of methoxy groups -OCH3 is 2. The summed E-state index contributed by atoms with van der Waals surface area (Å²) < 4.78 is 28.2. The maximum absolute atomic E-state index is 13.8. The zero-order valence-corrected chi connectivity index (χ0v) is 9.37. The van der Waals surface area contributed by atoms with Gasteiger partial charge in [-0.1, -0.05) is 0 Å². The molecule has 1 aromatic carbocycles. The van der Waals surface area contributed by atoms with Crippen molar-refractivity contribution in [2.45, 2.75) is 6.92 Å². The molecule has 5 heteroatoms. The highest BCUT2D eigenvalue weighted by Crippen LogP contribution is 2.29. The fraction of sp³-hybridized carbons (Fsp3) is 0.364. The minimum absolute atomic E-state index is 0.0242. The number of ether oxygens (including phenoxy) is 3. The van der Waals surface area contributed by atoms with Gasteiger partial charge in [0.2, 0.25) is 0 Å². The first kappa shape index (κ1) is 12.3. The molecule has 1 rings (SSSR count). The quantitative estimate of drug-likeness (QED) is 0.739. The first-order valence-electron chi connectivity index (χ1n) is 4.73. The molecule has 0 unspecified atom stereocenters. The molecule has 0 saturated heterocycles. The van der Waals surface area contributed by atoms with Gasteiger partial charge in [-0.2, -0.15) is 0 Å². The largest absolute Gasteiger partial charge is 0.496 e. The highest BCUT2D eigenvalue weighted by atomic mass is 19.1. The molecule has 0 amide bonds. The van der Waals surface area contributed by atoms with Crippen LogP contribution in [0.4, 0.5) is 4.39 Å². The van der Waals surface area contributed by atoms with Gasteiger partial charge in [-0.25, -0.2) is 9.18 Å². The van der Waals surface area contributed by atoms with Crippen LogP contribution < -0.4 is 9.47 Å². The van der Waals surface area contributed by atoms with E-state index in [0.29, 0.717) is 0 Å². The average Bonchev–Trinajstić information content (AvgIpc) is 2.28. The lowest BCUT2D eigenvalue weighted by atomic mass is 10.1. The third kappa shape index (κ3) is 2.24. The van der Waals surface area contributed by atoms with Gasteiger partial charge in [0.1, 0.15) is 11.3 Å². The van der Waals surface area contributed by atoms with Gasteiger partial charge in [0.05, 0.1) is 20.8 Å². The Morgan fingerprint density at radius 1 is 1.25 bits per heavy atom. The standard InChI is InChI=1S/C11H13FO4/c1-4-16-11(13)9-7(14-2)5-6-8(15-3)10(9)12/h5-6H,4H2,1-3H3. The Kier molecular flexibility index (Phi) is 4.10. The Hall–Kier alpha value is -1.78. The van der Waals surface area contributed by atoms with Crippen LogP contribution in [0.2, 0.25) is 0 Å². The van der Waals surface area contributed by atoms with Crippen molar-refractivity contribution < 1.29 is 23.4 Å². The molecule has 4 nitrogen and oxygen atoms in total. The Labute approximate surface area is 92.9 Å². The van der Waals surface area contributed by atoms with Crippen molar-refractivity contribution in [3.63, 3.8) is 0 Å². The smallest absolute Gasteiger partial charge is 0.345 e. The number of rotatable bonds is 4. The number of hydrogen-bond acceptors (Lipinski definition) is 4. The van der Waals surface area contributed by atoms with Crippen LogP contribution >= 0.6 is 0 Å². The van der Waals surface area contributed by atoms with E-state index in [-0.39, 0.29) is 23.7 Å². The SMILES string of the molecule is CCOC(=O)c1c(OC)ccc(OC)c1F. The van der Waals surface area contributed by atoms with Gasteiger partial charge < -0.3 is 14.2 Å². The molecule has 0 spiro atoms. The molecule has 0 aliphatic carbocycles. The maximum atomic E-state index is 13.8. The molecule has 0 saturated carbocycles. The second-order valence-electron chi connectivity index (χ2n) is 2.88. The summed E-state index contributed by atoms with van der Waals surface area (Å²) in [4.78, 5) is 11.5. The zero-order valence-electron chi connectivity index (χ0n) is 9.37. The molecule has 88 valence electrons. The van der Waals surface area contributed by atoms with E-state index in [0.717, 1.165) is 0 Å². The molecule has 16 heavy (non-hydrogen) atoms. The monoisotopic (exact) mass is 228 g/mol. The van der Waals surface area contributed by atoms with Gasteiger partial charge in [-0.3, -0.25) is 0 Å². The molecule has 0 fully saturated rings. The Bertz CT molecular complexity index is 390. The van der Waals surface area contributed by atoms with Crippen molar-refractivity contribution in [1.29, 1.82) is 0 Å². The predicted octanol–water partition coefficient (Wildman–Crippen LogP) is 2.02. The van der Waals surface area contributed by atoms with Crippen LogP contribution in [0, 0.1) is 5.82 Å². The molecule has 0 bridgehead atoms. The average molecular weight is 228 g/mol. The summed E-state index contributed by atoms with van der Waals surface area (Å²) in [5, 5.41) is 0. The molecular formula is C11H13FO4. The van der Waals surface area contributed by atoms with Crippen LogP contribution in [-0.4, -0.2) is 26.8 Å². The third-order valence-corrected chi connectivity index (χ3v) is 1.99. The first-order valence-corrected chi connectivity index (χ1v) is 4.73. The molecule has 0 aromatic heterocycles. The summed E-state index contributed by atoms with van der Waals surface area (Å²) in [6.07, 6.45) is 0. The van der Waals surface area contributed by atoms with Gasteiger partial charge in [0.25, 0.3) is 0 Å². The van der Waals surface area contributed by atoms with Crippen molar-refractivity contribution in [3.8, 4) is 11.5 Å². The number of halogens is 1. The zero-order chi connectivity index (χ0) is 12.1. The summed E-state index contributed by atoms with van der Waals surface area (Å²) in [7, 11) is 2.67. The lowest BCUT2D eigenvalue weighted by molar-refractivity contribution is 0.0516. The van der Waals surface area contributed by atoms with E-state index in [2.05, 4.69) is 0 Å². The van der Waals surface area contributed by atoms with Gasteiger partial charge in [-0.05, 0) is 19.1 Å². The van der Waals surface area contributed by atoms with Crippen LogP contribution in [-0.2, 0) is 4.74 Å². The highest BCUT2D eigenvalue weighted by Gasteiger charge is 2.22. The number of benzene rings is 1. The number of carbonyl (C=O) groups is 1. The van der Waals surface area contributed by atoms with Crippen molar-refractivity contribution in [2.75, 3.05) is 20.8 Å². The molecule has 0 heterocycles. The van der Waals surface area contributed by atoms with Crippen LogP contribution in [0.3, 0.4) is 0 Å². The fourth-order valence-electron chi connectivity index (χ4n) is 1.26. The Balaban J connectivity index is 3.26. The van der Waals surface area contributed by atoms with Crippen molar-refractivity contribution in [2.24, 2.45) is 0 Å². The second kappa shape index (κ2) is 5.34. The van der Waals surface area contributed by atoms with Gasteiger partial charge in [-0.15, -0.1) is 0 Å². The van der Waals surface area contributed by atoms with Gasteiger partial charge in [0.15, 0.2) is 11.6 Å². The summed E-state index contributed by atoms with van der Waals surface area (Å²) in [6.45, 7) is 1.81. The van der Waals surface area contributed by atoms with Crippen molar-refractivity contribution in [1.82, 2.24) is 0 Å². The van der Waals surface area contributed by atoms with E-state index in [1.54, 1.807) is 6.92 Å². The lowest BCUT2D eigenvalue weighted by Crippen LogP contribution is -2.10. The predicted molar refractivity (Wildman–Crippen MR) is 55.5 cm³/mol. The third-order valence-electron chi connectivity index (χ3n) is 1.99. The normalized spacial score (nSPS) is 9.75. The molecule has 0 radical (unpaired) electrons. The minimum Gasteiger partial charge on any atom is -0.496 e. The topological polar surface area (TPSA) is 44.8 Å². The van der Waals surface area contributed by atoms with Gasteiger partial charge >= 0.3 is 5.97 Å². The molecular weight excluding hydrogens is 215 g/mol. The van der Waals surface area contributed by atoms with E-state index in [9.17, 15) is 9.18 Å². The molecule has 0 N–H and O–H groups in total. The van der Waals surface area contributed by atoms with E-state index in [4.69, 9.17) is 14.2 Å². The number of esters is 1. The van der Waals surface area contributed by atoms with E-state index < -0.39 is 11.8 Å². The minimum atomic E-state index is -0.778. The summed E-state index contributed by atoms with van der Waals surface area (Å²) in [5.74, 6) is -1.45. The van der Waals surface area contributed by atoms with E-state index >= 15 is 0 Å². The van der Waals surface area contributed by atoms with Crippen LogP contribution in [0.15, 0.2) is 12.1 Å². The lowest BCUT2D eigenvalue weighted by Gasteiger charge is -2.11. The molecule has 1 aromatic rings. The van der Waals surface area contributed by atoms with Crippen molar-refractivity contribution >= 4 is 5.97 Å². The molecule has 0 aliphatic rings. The van der Waals surface area contributed by atoms with Gasteiger partial charge in [0, 0.05) is 0 Å². The molecule has 0 atom stereocenters. The van der Waals surface area contributed by atoms with Crippen molar-refractivity contribution in [3.05, 3.63) is 23.5 Å². The van der Waals surface area contributed by atoms with E-state index in [1.807, 2.05) is 0 Å². The first-order chi connectivity index (χ1) is 7.65.